The highest BCUT2D eigenvalue weighted by Crippen LogP contribution is 2.33. The second kappa shape index (κ2) is 10.8. The molecule has 2 aliphatic rings. The molecule has 1 saturated carbocycles. The molecule has 1 saturated heterocycles. The van der Waals surface area contributed by atoms with Gasteiger partial charge >= 0.3 is 0 Å². The zero-order valence-corrected chi connectivity index (χ0v) is 21.0. The Morgan fingerprint density at radius 2 is 1.83 bits per heavy atom. The number of benzene rings is 1. The molecule has 3 heterocycles. The molecule has 10 nitrogen and oxygen atoms in total. The Hall–Kier alpha value is -3.24. The topological polar surface area (TPSA) is 118 Å². The Kier molecular flexibility index (Phi) is 7.33. The van der Waals surface area contributed by atoms with E-state index in [2.05, 4.69) is 47.6 Å². The van der Waals surface area contributed by atoms with Gasteiger partial charge in [0.05, 0.1) is 37.0 Å². The first-order valence-corrected chi connectivity index (χ1v) is 12.7. The molecule has 3 N–H and O–H groups in total. The van der Waals surface area contributed by atoms with Crippen LogP contribution in [0.3, 0.4) is 0 Å². The Labute approximate surface area is 211 Å². The molecule has 0 unspecified atom stereocenters. The van der Waals surface area contributed by atoms with E-state index >= 15 is 0 Å². The molecule has 1 aromatic carbocycles. The van der Waals surface area contributed by atoms with Crippen molar-refractivity contribution in [3.8, 4) is 5.75 Å². The Bertz CT molecular complexity index is 1160. The maximum atomic E-state index is 9.51. The Morgan fingerprint density at radius 1 is 1.06 bits per heavy atom. The number of aliphatic hydroxyl groups excluding tert-OH is 1. The molecule has 1 aliphatic heterocycles. The van der Waals surface area contributed by atoms with Gasteiger partial charge in [-0.3, -0.25) is 4.98 Å². The summed E-state index contributed by atoms with van der Waals surface area (Å²) in [5.74, 6) is 2.08. The molecule has 0 amide bonds. The monoisotopic (exact) mass is 493 g/mol. The lowest BCUT2D eigenvalue weighted by Crippen LogP contribution is -2.36. The van der Waals surface area contributed by atoms with Gasteiger partial charge in [-0.1, -0.05) is 0 Å². The normalized spacial score (nSPS) is 20.8. The van der Waals surface area contributed by atoms with Crippen LogP contribution in [0.2, 0.25) is 0 Å². The van der Waals surface area contributed by atoms with Crippen LogP contribution in [0.15, 0.2) is 36.8 Å². The zero-order valence-electron chi connectivity index (χ0n) is 21.0. The first kappa shape index (κ1) is 24.5. The van der Waals surface area contributed by atoms with Crippen molar-refractivity contribution >= 4 is 28.5 Å². The first-order chi connectivity index (χ1) is 17.5. The van der Waals surface area contributed by atoms with Crippen LogP contribution in [0.1, 0.15) is 39.5 Å². The van der Waals surface area contributed by atoms with Crippen LogP contribution >= 0.6 is 0 Å². The van der Waals surface area contributed by atoms with Crippen molar-refractivity contribution in [2.24, 2.45) is 0 Å². The molecule has 10 heteroatoms. The number of rotatable bonds is 8. The quantitative estimate of drug-likeness (QED) is 0.432. The third-order valence-electron chi connectivity index (χ3n) is 6.72. The minimum absolute atomic E-state index is 0.0139. The van der Waals surface area contributed by atoms with Gasteiger partial charge < -0.3 is 30.1 Å². The lowest BCUT2D eigenvalue weighted by Gasteiger charge is -2.31. The van der Waals surface area contributed by atoms with E-state index in [1.807, 2.05) is 19.9 Å². The number of hydrogen-bond acceptors (Lipinski definition) is 10. The summed E-state index contributed by atoms with van der Waals surface area (Å²) in [6.07, 6.45) is 9.06. The van der Waals surface area contributed by atoms with E-state index in [9.17, 15) is 5.11 Å². The van der Waals surface area contributed by atoms with Crippen LogP contribution in [0.25, 0.3) is 11.0 Å². The van der Waals surface area contributed by atoms with Gasteiger partial charge in [0.1, 0.15) is 17.1 Å². The number of hydrogen-bond donors (Lipinski definition) is 3. The largest absolute Gasteiger partial charge is 0.488 e. The first-order valence-electron chi connectivity index (χ1n) is 12.7. The van der Waals surface area contributed by atoms with Gasteiger partial charge in [0, 0.05) is 49.5 Å². The number of fused-ring (bicyclic) bond motifs is 1. The molecule has 1 aliphatic carbocycles. The van der Waals surface area contributed by atoms with E-state index < -0.39 is 5.54 Å². The fourth-order valence-corrected chi connectivity index (χ4v) is 4.69. The van der Waals surface area contributed by atoms with E-state index in [1.54, 1.807) is 18.6 Å². The van der Waals surface area contributed by atoms with Crippen LogP contribution in [-0.4, -0.2) is 75.6 Å². The van der Waals surface area contributed by atoms with Gasteiger partial charge in [0.25, 0.3) is 0 Å². The second-order valence-corrected chi connectivity index (χ2v) is 10.1. The fourth-order valence-electron chi connectivity index (χ4n) is 4.69. The summed E-state index contributed by atoms with van der Waals surface area (Å²) >= 11 is 0. The molecule has 3 aromatic rings. The molecular weight excluding hydrogens is 458 g/mol. The molecule has 0 radical (unpaired) electrons. The molecule has 0 bridgehead atoms. The molecule has 0 spiro atoms. The average molecular weight is 494 g/mol. The lowest BCUT2D eigenvalue weighted by atomic mass is 9.93. The van der Waals surface area contributed by atoms with Gasteiger partial charge in [-0.25, -0.2) is 9.97 Å². The maximum Gasteiger partial charge on any atom is 0.224 e. The minimum Gasteiger partial charge on any atom is -0.488 e. The number of morpholine rings is 1. The highest BCUT2D eigenvalue weighted by Gasteiger charge is 2.25. The maximum absolute atomic E-state index is 9.51. The summed E-state index contributed by atoms with van der Waals surface area (Å²) in [5, 5.41) is 16.2. The predicted molar refractivity (Wildman–Crippen MR) is 140 cm³/mol. The summed E-state index contributed by atoms with van der Waals surface area (Å²) in [7, 11) is 0. The number of ether oxygens (including phenoxy) is 2. The van der Waals surface area contributed by atoms with Crippen LogP contribution in [-0.2, 0) is 4.74 Å². The summed E-state index contributed by atoms with van der Waals surface area (Å²) < 4.78 is 12.0. The minimum atomic E-state index is -0.450. The smallest absolute Gasteiger partial charge is 0.224 e. The van der Waals surface area contributed by atoms with Crippen LogP contribution in [0.4, 0.5) is 17.5 Å². The standard InChI is InChI=1S/C26H35N7O3/c1-26(2,17-34)32-23-7-8-29-25(31-23)30-18-3-5-20(6-4-18)36-22-16-19(33-11-13-35-14-12-33)15-21-24(22)28-10-9-27-21/h7-10,15-16,18,20,34H,3-6,11-14,17H2,1-2H3,(H2,29,30,31,32). The van der Waals surface area contributed by atoms with Crippen molar-refractivity contribution in [1.29, 1.82) is 0 Å². The molecular formula is C26H35N7O3. The van der Waals surface area contributed by atoms with Crippen LogP contribution < -0.4 is 20.3 Å². The third kappa shape index (κ3) is 5.93. The highest BCUT2D eigenvalue weighted by molar-refractivity contribution is 5.85. The number of nitrogens with one attached hydrogen (secondary N) is 2. The van der Waals surface area contributed by atoms with Crippen molar-refractivity contribution in [3.63, 3.8) is 0 Å². The third-order valence-corrected chi connectivity index (χ3v) is 6.72. The molecule has 2 aromatic heterocycles. The average Bonchev–Trinajstić information content (AvgIpc) is 2.90. The molecule has 192 valence electrons. The summed E-state index contributed by atoms with van der Waals surface area (Å²) in [6.45, 7) is 7.04. The van der Waals surface area contributed by atoms with E-state index in [1.165, 1.54) is 0 Å². The number of anilines is 3. The summed E-state index contributed by atoms with van der Waals surface area (Å²) in [5.41, 5.74) is 2.31. The summed E-state index contributed by atoms with van der Waals surface area (Å²) in [6, 6.07) is 6.28. The zero-order chi connectivity index (χ0) is 25.0. The lowest BCUT2D eigenvalue weighted by molar-refractivity contribution is 0.122. The van der Waals surface area contributed by atoms with Gasteiger partial charge in [-0.2, -0.15) is 4.98 Å². The summed E-state index contributed by atoms with van der Waals surface area (Å²) in [4.78, 5) is 20.4. The van der Waals surface area contributed by atoms with Gasteiger partial charge in [-0.05, 0) is 51.7 Å². The molecule has 0 atom stereocenters. The van der Waals surface area contributed by atoms with Gasteiger partial charge in [-0.15, -0.1) is 0 Å². The predicted octanol–water partition coefficient (Wildman–Crippen LogP) is 3.24. The number of aliphatic hydroxyl groups is 1. The Morgan fingerprint density at radius 3 is 2.61 bits per heavy atom. The van der Waals surface area contributed by atoms with E-state index in [0.29, 0.717) is 11.8 Å². The second-order valence-electron chi connectivity index (χ2n) is 10.1. The van der Waals surface area contributed by atoms with Crippen molar-refractivity contribution in [1.82, 2.24) is 19.9 Å². The van der Waals surface area contributed by atoms with E-state index in [0.717, 1.165) is 74.5 Å². The number of aromatic nitrogens is 4. The number of nitrogens with zero attached hydrogens (tertiary/aromatic N) is 5. The van der Waals surface area contributed by atoms with Crippen molar-refractivity contribution < 1.29 is 14.6 Å². The van der Waals surface area contributed by atoms with Crippen LogP contribution in [0.5, 0.6) is 5.75 Å². The van der Waals surface area contributed by atoms with Crippen molar-refractivity contribution in [3.05, 3.63) is 36.8 Å². The molecule has 36 heavy (non-hydrogen) atoms. The van der Waals surface area contributed by atoms with Crippen molar-refractivity contribution in [2.75, 3.05) is 48.4 Å². The van der Waals surface area contributed by atoms with Crippen LogP contribution in [0, 0.1) is 0 Å². The highest BCUT2D eigenvalue weighted by atomic mass is 16.5. The molecule has 2 fully saturated rings. The van der Waals surface area contributed by atoms with E-state index in [-0.39, 0.29) is 18.8 Å². The van der Waals surface area contributed by atoms with Gasteiger partial charge in [0.15, 0.2) is 0 Å². The van der Waals surface area contributed by atoms with Crippen molar-refractivity contribution in [2.45, 2.75) is 57.2 Å². The van der Waals surface area contributed by atoms with E-state index in [4.69, 9.17) is 9.47 Å². The fraction of sp³-hybridized carbons (Fsp3) is 0.538. The van der Waals surface area contributed by atoms with Gasteiger partial charge in [0.2, 0.25) is 5.95 Å². The Balaban J connectivity index is 1.22. The SMILES string of the molecule is CC(C)(CO)Nc1ccnc(NC2CCC(Oc3cc(N4CCOCC4)cc4nccnc34)CC2)n1. The molecule has 5 rings (SSSR count).